The molecule has 0 saturated heterocycles. The zero-order chi connectivity index (χ0) is 21.1. The molecule has 2 aromatic rings. The lowest BCUT2D eigenvalue weighted by atomic mass is 10.00. The molecule has 5 nitrogen and oxygen atoms in total. The van der Waals surface area contributed by atoms with Crippen LogP contribution in [-0.4, -0.2) is 29.0 Å². The van der Waals surface area contributed by atoms with E-state index >= 15 is 0 Å². The number of anilines is 2. The number of nitrogens with zero attached hydrogens (tertiary/aromatic N) is 4. The van der Waals surface area contributed by atoms with E-state index in [4.69, 9.17) is 17.5 Å². The molecule has 0 N–H and O–H groups in total. The molecule has 1 heterocycles. The lowest BCUT2D eigenvalue weighted by Gasteiger charge is -2.37. The molecular formula is C19H17F3N4OS. The molecular weight excluding hydrogens is 389 g/mol. The number of alkyl halides is 3. The molecule has 0 aliphatic carbocycles. The minimum absolute atomic E-state index is 0.00902. The molecule has 1 amide bonds. The average Bonchev–Trinajstić information content (AvgIpc) is 2.66. The number of likely N-dealkylation sites (N-methyl/N-ethyl adjacent to an activating group) is 1. The molecule has 0 bridgehead atoms. The van der Waals surface area contributed by atoms with E-state index in [9.17, 15) is 18.0 Å². The van der Waals surface area contributed by atoms with Crippen molar-refractivity contribution in [2.75, 3.05) is 16.8 Å². The van der Waals surface area contributed by atoms with Crippen LogP contribution in [0.1, 0.15) is 25.0 Å². The van der Waals surface area contributed by atoms with Gasteiger partial charge in [-0.3, -0.25) is 4.79 Å². The fourth-order valence-corrected chi connectivity index (χ4v) is 3.04. The smallest absolute Gasteiger partial charge is 0.313 e. The minimum atomic E-state index is -4.71. The number of amides is 1. The van der Waals surface area contributed by atoms with E-state index in [0.717, 1.165) is 17.0 Å². The van der Waals surface area contributed by atoms with Crippen LogP contribution in [0.25, 0.3) is 0 Å². The summed E-state index contributed by atoms with van der Waals surface area (Å²) in [6, 6.07) is 9.76. The van der Waals surface area contributed by atoms with E-state index in [1.54, 1.807) is 38.2 Å². The third-order valence-electron chi connectivity index (χ3n) is 4.25. The molecule has 1 aromatic heterocycles. The van der Waals surface area contributed by atoms with Crippen molar-refractivity contribution in [1.29, 1.82) is 5.26 Å². The molecule has 9 heteroatoms. The van der Waals surface area contributed by atoms with Crippen molar-refractivity contribution in [1.82, 2.24) is 4.98 Å². The van der Waals surface area contributed by atoms with Crippen LogP contribution in [0.5, 0.6) is 0 Å². The van der Waals surface area contributed by atoms with Crippen LogP contribution in [0.2, 0.25) is 0 Å². The zero-order valence-corrected chi connectivity index (χ0v) is 16.2. The average molecular weight is 406 g/mol. The lowest BCUT2D eigenvalue weighted by Crippen LogP contribution is -2.55. The number of hydrogen-bond acceptors (Lipinski definition) is 4. The van der Waals surface area contributed by atoms with Gasteiger partial charge in [-0.15, -0.1) is 0 Å². The van der Waals surface area contributed by atoms with E-state index < -0.39 is 28.7 Å². The number of rotatable bonds is 5. The Hall–Kier alpha value is -2.99. The first-order chi connectivity index (χ1) is 13.0. The summed E-state index contributed by atoms with van der Waals surface area (Å²) in [6.45, 7) is 3.19. The largest absolute Gasteiger partial charge is 0.417 e. The van der Waals surface area contributed by atoms with Gasteiger partial charge in [0.05, 0.1) is 22.7 Å². The Morgan fingerprint density at radius 1 is 1.25 bits per heavy atom. The van der Waals surface area contributed by atoms with E-state index in [0.29, 0.717) is 5.82 Å². The van der Waals surface area contributed by atoms with Gasteiger partial charge in [0.15, 0.2) is 0 Å². The number of benzene rings is 1. The van der Waals surface area contributed by atoms with Gasteiger partial charge in [0.25, 0.3) is 5.91 Å². The molecule has 146 valence electrons. The van der Waals surface area contributed by atoms with Gasteiger partial charge in [0.1, 0.15) is 11.4 Å². The highest BCUT2D eigenvalue weighted by atomic mass is 32.1. The van der Waals surface area contributed by atoms with Crippen molar-refractivity contribution < 1.29 is 18.0 Å². The van der Waals surface area contributed by atoms with Crippen molar-refractivity contribution in [2.45, 2.75) is 25.6 Å². The van der Waals surface area contributed by atoms with Crippen LogP contribution in [0, 0.1) is 11.3 Å². The third kappa shape index (κ3) is 4.12. The van der Waals surface area contributed by atoms with Crippen LogP contribution in [0.3, 0.4) is 0 Å². The van der Waals surface area contributed by atoms with E-state index in [1.807, 2.05) is 0 Å². The third-order valence-corrected chi connectivity index (χ3v) is 4.46. The lowest BCUT2D eigenvalue weighted by molar-refractivity contribution is -0.137. The first kappa shape index (κ1) is 21.3. The molecule has 0 atom stereocenters. The predicted octanol–water partition coefficient (Wildman–Crippen LogP) is 4.18. The molecule has 1 aromatic carbocycles. The first-order valence-corrected chi connectivity index (χ1v) is 8.56. The summed E-state index contributed by atoms with van der Waals surface area (Å²) in [5, 5.41) is 8.92. The van der Waals surface area contributed by atoms with Crippen LogP contribution in [-0.2, 0) is 11.0 Å². The first-order valence-electron chi connectivity index (χ1n) is 8.09. The number of pyridine rings is 1. The zero-order valence-electron chi connectivity index (χ0n) is 15.4. The number of nitriles is 1. The summed E-state index contributed by atoms with van der Waals surface area (Å²) in [6.07, 6.45) is -3.17. The van der Waals surface area contributed by atoms with Gasteiger partial charge in [-0.25, -0.2) is 4.98 Å². The van der Waals surface area contributed by atoms with E-state index in [2.05, 4.69) is 4.98 Å². The molecule has 0 aliphatic heterocycles. The number of aromatic nitrogens is 1. The molecule has 0 saturated carbocycles. The van der Waals surface area contributed by atoms with E-state index in [1.165, 1.54) is 29.6 Å². The number of thiocarbonyl (C=S) groups is 1. The number of halogens is 3. The van der Waals surface area contributed by atoms with Gasteiger partial charge in [-0.2, -0.15) is 18.4 Å². The topological polar surface area (TPSA) is 60.2 Å². The van der Waals surface area contributed by atoms with Gasteiger partial charge in [0, 0.05) is 18.9 Å². The predicted molar refractivity (Wildman–Crippen MR) is 104 cm³/mol. The maximum absolute atomic E-state index is 13.2. The molecule has 0 aliphatic rings. The summed E-state index contributed by atoms with van der Waals surface area (Å²) in [7, 11) is 1.37. The van der Waals surface area contributed by atoms with Gasteiger partial charge in [0.2, 0.25) is 0 Å². The normalized spacial score (nSPS) is 11.5. The summed E-state index contributed by atoms with van der Waals surface area (Å²) >= 11 is 5.03. The molecule has 0 spiro atoms. The van der Waals surface area contributed by atoms with Crippen LogP contribution in [0.15, 0.2) is 42.6 Å². The van der Waals surface area contributed by atoms with Crippen LogP contribution in [0.4, 0.5) is 24.7 Å². The van der Waals surface area contributed by atoms with Crippen LogP contribution < -0.4 is 9.80 Å². The number of carbonyl (C=O) groups is 1. The van der Waals surface area contributed by atoms with E-state index in [-0.39, 0.29) is 5.69 Å². The Morgan fingerprint density at radius 3 is 2.43 bits per heavy atom. The Kier molecular flexibility index (Phi) is 6.04. The monoisotopic (exact) mass is 406 g/mol. The Morgan fingerprint density at radius 2 is 1.93 bits per heavy atom. The molecule has 0 radical (unpaired) electrons. The highest BCUT2D eigenvalue weighted by Crippen LogP contribution is 2.35. The number of hydrogen-bond donors (Lipinski definition) is 0. The fraction of sp³-hybridized carbons (Fsp3) is 0.263. The Labute approximate surface area is 166 Å². The Bertz CT molecular complexity index is 923. The van der Waals surface area contributed by atoms with Crippen molar-refractivity contribution in [3.63, 3.8) is 0 Å². The number of carbonyl (C=O) groups excluding carboxylic acids is 1. The fourth-order valence-electron chi connectivity index (χ4n) is 2.67. The summed E-state index contributed by atoms with van der Waals surface area (Å²) in [4.78, 5) is 19.8. The highest BCUT2D eigenvalue weighted by molar-refractivity contribution is 7.79. The van der Waals surface area contributed by atoms with Crippen molar-refractivity contribution in [3.8, 4) is 6.07 Å². The molecule has 28 heavy (non-hydrogen) atoms. The van der Waals surface area contributed by atoms with Crippen molar-refractivity contribution in [2.24, 2.45) is 0 Å². The second-order valence-corrected chi connectivity index (χ2v) is 6.64. The second kappa shape index (κ2) is 7.94. The summed E-state index contributed by atoms with van der Waals surface area (Å²) < 4.78 is 39.7. The highest BCUT2D eigenvalue weighted by Gasteiger charge is 2.39. The van der Waals surface area contributed by atoms with Crippen molar-refractivity contribution >= 4 is 35.1 Å². The van der Waals surface area contributed by atoms with Gasteiger partial charge in [-0.1, -0.05) is 18.3 Å². The SMILES string of the molecule is CN(C(=O)C(C)(C)N(C=S)c1ccccn1)c1ccc(C#N)c(C(F)(F)F)c1. The maximum atomic E-state index is 13.2. The minimum Gasteiger partial charge on any atom is -0.313 e. The van der Waals surface area contributed by atoms with Gasteiger partial charge < -0.3 is 9.80 Å². The molecule has 0 fully saturated rings. The van der Waals surface area contributed by atoms with Crippen molar-refractivity contribution in [3.05, 3.63) is 53.7 Å². The quantitative estimate of drug-likeness (QED) is 0.698. The van der Waals surface area contributed by atoms with Gasteiger partial charge >= 0.3 is 6.18 Å². The molecule has 2 rings (SSSR count). The van der Waals surface area contributed by atoms with Crippen LogP contribution >= 0.6 is 12.2 Å². The Balaban J connectivity index is 2.43. The summed E-state index contributed by atoms with van der Waals surface area (Å²) in [5.41, 5.74) is -1.55. The summed E-state index contributed by atoms with van der Waals surface area (Å²) in [5.74, 6) is -0.0721. The second-order valence-electron chi connectivity index (χ2n) is 6.43. The molecule has 0 unspecified atom stereocenters. The standard InChI is InChI=1S/C19H17F3N4OS/c1-18(2,26(12-28)16-6-4-5-9-24-16)17(27)25(3)14-8-7-13(11-23)15(10-14)19(20,21)22/h4-10,12H,1-3H3. The van der Waals surface area contributed by atoms with Gasteiger partial charge in [-0.05, 0) is 44.2 Å². The maximum Gasteiger partial charge on any atom is 0.417 e.